The summed E-state index contributed by atoms with van der Waals surface area (Å²) in [6.07, 6.45) is 0. The molecule has 116 valence electrons. The topological polar surface area (TPSA) is 67.9 Å². The van der Waals surface area contributed by atoms with Crippen LogP contribution in [-0.2, 0) is 9.90 Å². The van der Waals surface area contributed by atoms with Crippen LogP contribution in [0.15, 0.2) is 71.6 Å². The van der Waals surface area contributed by atoms with E-state index in [1.54, 1.807) is 6.07 Å². The highest BCUT2D eigenvalue weighted by atomic mass is 32.2. The van der Waals surface area contributed by atoms with Crippen molar-refractivity contribution in [3.8, 4) is 0 Å². The minimum Gasteiger partial charge on any atom is -0.312 e. The van der Waals surface area contributed by atoms with E-state index in [-0.39, 0.29) is 0 Å². The standard InChI is InChI=1S/C20H14N2OS/c21-24(22,23)17-11-10-13-6-2-8-15-14-7-1-4-12-5-3-9-16(18(12)14)20(17)19(13)15/h1-11H,(H3,21,22,23). The summed E-state index contributed by atoms with van der Waals surface area (Å²) in [6, 6.07) is 22.2. The van der Waals surface area contributed by atoms with Crippen molar-refractivity contribution in [2.24, 2.45) is 0 Å². The first-order valence-corrected chi connectivity index (χ1v) is 9.28. The molecule has 3 nitrogen and oxygen atoms in total. The Morgan fingerprint density at radius 3 is 1.75 bits per heavy atom. The van der Waals surface area contributed by atoms with Gasteiger partial charge in [0.15, 0.2) is 0 Å². The number of hydrogen-bond donors (Lipinski definition) is 3. The summed E-state index contributed by atoms with van der Waals surface area (Å²) in [5.74, 6) is 0. The molecule has 0 radical (unpaired) electrons. The maximum absolute atomic E-state index is 10.2. The van der Waals surface area contributed by atoms with E-state index in [0.717, 1.165) is 37.7 Å². The van der Waals surface area contributed by atoms with Crippen LogP contribution in [0.2, 0.25) is 0 Å². The molecule has 5 rings (SSSR count). The molecule has 3 N–H and O–H groups in total. The fourth-order valence-electron chi connectivity index (χ4n) is 3.87. The van der Waals surface area contributed by atoms with Crippen molar-refractivity contribution in [3.05, 3.63) is 66.7 Å². The van der Waals surface area contributed by atoms with Crippen molar-refractivity contribution in [2.75, 3.05) is 0 Å². The van der Waals surface area contributed by atoms with Gasteiger partial charge < -0.3 is 4.55 Å². The molecule has 0 spiro atoms. The third-order valence-corrected chi connectivity index (χ3v) is 5.77. The second-order valence-corrected chi connectivity index (χ2v) is 7.73. The second kappa shape index (κ2) is 4.44. The summed E-state index contributed by atoms with van der Waals surface area (Å²) >= 11 is 0. The predicted octanol–water partition coefficient (Wildman–Crippen LogP) is 6.25. The van der Waals surface area contributed by atoms with Gasteiger partial charge in [-0.1, -0.05) is 60.7 Å². The van der Waals surface area contributed by atoms with E-state index >= 15 is 0 Å². The van der Waals surface area contributed by atoms with Crippen molar-refractivity contribution in [1.82, 2.24) is 0 Å². The molecule has 0 aromatic heterocycles. The van der Waals surface area contributed by atoms with E-state index in [9.17, 15) is 4.55 Å². The highest BCUT2D eigenvalue weighted by Crippen LogP contribution is 2.42. The molecule has 0 saturated heterocycles. The fourth-order valence-corrected chi connectivity index (χ4v) is 4.64. The molecule has 0 atom stereocenters. The minimum absolute atomic E-state index is 0.407. The Balaban J connectivity index is 2.29. The zero-order chi connectivity index (χ0) is 16.5. The largest absolute Gasteiger partial charge is 0.312 e. The Morgan fingerprint density at radius 2 is 1.12 bits per heavy atom. The van der Waals surface area contributed by atoms with Crippen LogP contribution >= 0.6 is 0 Å². The molecule has 0 aliphatic heterocycles. The molecule has 0 aliphatic rings. The quantitative estimate of drug-likeness (QED) is 0.247. The van der Waals surface area contributed by atoms with E-state index in [4.69, 9.17) is 9.56 Å². The molecule has 5 aromatic carbocycles. The van der Waals surface area contributed by atoms with Gasteiger partial charge in [-0.25, -0.2) is 9.56 Å². The molecule has 24 heavy (non-hydrogen) atoms. The molecule has 0 bridgehead atoms. The molecule has 0 unspecified atom stereocenters. The Hall–Kier alpha value is -2.69. The highest BCUT2D eigenvalue weighted by Gasteiger charge is 2.17. The van der Waals surface area contributed by atoms with Gasteiger partial charge in [0, 0.05) is 5.39 Å². The molecular formula is C20H14N2OS. The van der Waals surface area contributed by atoms with Crippen molar-refractivity contribution in [1.29, 1.82) is 9.56 Å². The monoisotopic (exact) mass is 330 g/mol. The number of fused-ring (bicyclic) bond motifs is 2. The third-order valence-electron chi connectivity index (χ3n) is 4.79. The van der Waals surface area contributed by atoms with Crippen LogP contribution in [0.5, 0.6) is 0 Å². The van der Waals surface area contributed by atoms with Gasteiger partial charge in [0.05, 0.1) is 14.8 Å². The minimum atomic E-state index is -3.32. The lowest BCUT2D eigenvalue weighted by molar-refractivity contribution is 0.632. The van der Waals surface area contributed by atoms with Gasteiger partial charge in [0.2, 0.25) is 0 Å². The number of benzene rings is 5. The van der Waals surface area contributed by atoms with Crippen LogP contribution in [0.1, 0.15) is 0 Å². The molecule has 0 amide bonds. The van der Waals surface area contributed by atoms with Gasteiger partial charge in [-0.15, -0.1) is 0 Å². The molecule has 0 aliphatic carbocycles. The summed E-state index contributed by atoms with van der Waals surface area (Å²) in [5.41, 5.74) is 0. The average molecular weight is 330 g/mol. The van der Waals surface area contributed by atoms with Crippen molar-refractivity contribution in [3.63, 3.8) is 0 Å². The molecule has 0 saturated carbocycles. The zero-order valence-electron chi connectivity index (χ0n) is 12.7. The smallest absolute Gasteiger partial charge is 0.0762 e. The summed E-state index contributed by atoms with van der Waals surface area (Å²) in [4.78, 5) is 0.407. The lowest BCUT2D eigenvalue weighted by Gasteiger charge is -2.17. The first-order chi connectivity index (χ1) is 11.6. The highest BCUT2D eigenvalue weighted by molar-refractivity contribution is 7.88. The van der Waals surface area contributed by atoms with Crippen molar-refractivity contribution in [2.45, 2.75) is 4.90 Å². The van der Waals surface area contributed by atoms with Gasteiger partial charge in [-0.2, -0.15) is 0 Å². The van der Waals surface area contributed by atoms with E-state index in [1.807, 2.05) is 30.3 Å². The molecular weight excluding hydrogens is 316 g/mol. The predicted molar refractivity (Wildman–Crippen MR) is 101 cm³/mol. The second-order valence-electron chi connectivity index (χ2n) is 6.13. The SMILES string of the molecule is N=S(=N)(O)c1ccc2cccc3c4cccc5cccc(c1c23)c54. The maximum Gasteiger partial charge on any atom is 0.0762 e. The third kappa shape index (κ3) is 1.67. The van der Waals surface area contributed by atoms with Crippen LogP contribution < -0.4 is 0 Å². The normalized spacial score (nSPS) is 12.7. The summed E-state index contributed by atoms with van der Waals surface area (Å²) in [6.45, 7) is 0. The van der Waals surface area contributed by atoms with Crippen LogP contribution in [0.3, 0.4) is 0 Å². The van der Waals surface area contributed by atoms with E-state index in [1.165, 1.54) is 5.39 Å². The Labute approximate surface area is 139 Å². The Bertz CT molecular complexity index is 1370. The molecule has 5 aromatic rings. The van der Waals surface area contributed by atoms with E-state index in [0.29, 0.717) is 4.90 Å². The zero-order valence-corrected chi connectivity index (χ0v) is 13.5. The van der Waals surface area contributed by atoms with Gasteiger partial charge in [-0.3, -0.25) is 0 Å². The van der Waals surface area contributed by atoms with Gasteiger partial charge >= 0.3 is 0 Å². The summed E-state index contributed by atoms with van der Waals surface area (Å²) in [5, 5.41) is 8.51. The first-order valence-electron chi connectivity index (χ1n) is 7.69. The Kier molecular flexibility index (Phi) is 2.54. The number of nitrogens with one attached hydrogen (secondary N) is 2. The van der Waals surface area contributed by atoms with Gasteiger partial charge in [0.1, 0.15) is 0 Å². The van der Waals surface area contributed by atoms with Crippen LogP contribution in [0.25, 0.3) is 43.1 Å². The van der Waals surface area contributed by atoms with E-state index < -0.39 is 9.90 Å². The van der Waals surface area contributed by atoms with Crippen LogP contribution in [0, 0.1) is 9.56 Å². The van der Waals surface area contributed by atoms with Crippen molar-refractivity contribution < 1.29 is 4.55 Å². The number of rotatable bonds is 1. The molecule has 4 heteroatoms. The molecule has 0 fully saturated rings. The Morgan fingerprint density at radius 1 is 0.583 bits per heavy atom. The fraction of sp³-hybridized carbons (Fsp3) is 0. The van der Waals surface area contributed by atoms with Gasteiger partial charge in [-0.05, 0) is 43.8 Å². The first kappa shape index (κ1) is 13.7. The number of hydrogen-bond acceptors (Lipinski definition) is 2. The maximum atomic E-state index is 10.2. The lowest BCUT2D eigenvalue weighted by Crippen LogP contribution is -1.97. The van der Waals surface area contributed by atoms with Gasteiger partial charge in [0.25, 0.3) is 0 Å². The summed E-state index contributed by atoms with van der Waals surface area (Å²) < 4.78 is 26.1. The average Bonchev–Trinajstić information content (AvgIpc) is 2.58. The lowest BCUT2D eigenvalue weighted by atomic mass is 9.90. The summed E-state index contributed by atoms with van der Waals surface area (Å²) in [7, 11) is -3.32. The molecule has 0 heterocycles. The van der Waals surface area contributed by atoms with Crippen LogP contribution in [-0.4, -0.2) is 4.55 Å². The van der Waals surface area contributed by atoms with E-state index in [2.05, 4.69) is 30.3 Å². The van der Waals surface area contributed by atoms with Crippen LogP contribution in [0.4, 0.5) is 0 Å². The van der Waals surface area contributed by atoms with Crippen molar-refractivity contribution >= 4 is 53.0 Å².